The molecule has 0 saturated heterocycles. The molecule has 0 aromatic carbocycles. The number of aromatic nitrogens is 2. The second-order valence-electron chi connectivity index (χ2n) is 5.37. The van der Waals surface area contributed by atoms with Crippen molar-refractivity contribution in [2.75, 3.05) is 25.1 Å². The number of Topliss-reactive ketones (excluding diaryl/α,β-unsaturated/α-hetero) is 1. The molecule has 1 heterocycles. The van der Waals surface area contributed by atoms with Gasteiger partial charge in [-0.3, -0.25) is 9.59 Å². The van der Waals surface area contributed by atoms with Crippen LogP contribution >= 0.6 is 0 Å². The summed E-state index contributed by atoms with van der Waals surface area (Å²) >= 11 is 0. The molecule has 6 heteroatoms. The minimum absolute atomic E-state index is 0.0297. The molecule has 2 rings (SSSR count). The normalized spacial score (nSPS) is 15.5. The minimum atomic E-state index is -0.436. The maximum atomic E-state index is 11.9. The summed E-state index contributed by atoms with van der Waals surface area (Å²) in [5, 5.41) is 0. The van der Waals surface area contributed by atoms with Gasteiger partial charge in [0.15, 0.2) is 5.78 Å². The van der Waals surface area contributed by atoms with Gasteiger partial charge in [-0.1, -0.05) is 19.3 Å². The van der Waals surface area contributed by atoms with E-state index in [-0.39, 0.29) is 24.9 Å². The van der Waals surface area contributed by atoms with Crippen LogP contribution in [0.5, 0.6) is 0 Å². The molecular weight excluding hydrogens is 270 g/mol. The highest BCUT2D eigenvalue weighted by atomic mass is 16.5. The average Bonchev–Trinajstić information content (AvgIpc) is 2.54. The molecule has 0 N–H and O–H groups in total. The van der Waals surface area contributed by atoms with Crippen LogP contribution in [0.3, 0.4) is 0 Å². The highest BCUT2D eigenvalue weighted by molar-refractivity contribution is 5.85. The molecule has 1 aromatic rings. The van der Waals surface area contributed by atoms with Gasteiger partial charge in [-0.15, -0.1) is 0 Å². The van der Waals surface area contributed by atoms with Crippen molar-refractivity contribution in [3.8, 4) is 0 Å². The summed E-state index contributed by atoms with van der Waals surface area (Å²) in [5.41, 5.74) is 0. The number of ketones is 1. The highest BCUT2D eigenvalue weighted by Crippen LogP contribution is 2.24. The maximum absolute atomic E-state index is 11.9. The maximum Gasteiger partial charge on any atom is 0.326 e. The first-order valence-electron chi connectivity index (χ1n) is 7.33. The van der Waals surface area contributed by atoms with Gasteiger partial charge >= 0.3 is 5.97 Å². The summed E-state index contributed by atoms with van der Waals surface area (Å²) in [6.45, 7) is -0.0883. The predicted octanol–water partition coefficient (Wildman–Crippen LogP) is 1.61. The largest absolute Gasteiger partial charge is 0.456 e. The molecule has 1 saturated carbocycles. The summed E-state index contributed by atoms with van der Waals surface area (Å²) in [5.74, 6) is 0.130. The van der Waals surface area contributed by atoms with Crippen molar-refractivity contribution in [3.05, 3.63) is 18.5 Å². The zero-order chi connectivity index (χ0) is 15.1. The van der Waals surface area contributed by atoms with Crippen LogP contribution in [0.1, 0.15) is 32.1 Å². The Morgan fingerprint density at radius 1 is 1.24 bits per heavy atom. The summed E-state index contributed by atoms with van der Waals surface area (Å²) in [6, 6.07) is 1.71. The lowest BCUT2D eigenvalue weighted by Crippen LogP contribution is -2.31. The van der Waals surface area contributed by atoms with Gasteiger partial charge in [0.25, 0.3) is 0 Å². The van der Waals surface area contributed by atoms with Gasteiger partial charge in [0.05, 0.1) is 0 Å². The lowest BCUT2D eigenvalue weighted by Gasteiger charge is -2.20. The molecule has 0 radical (unpaired) electrons. The molecule has 21 heavy (non-hydrogen) atoms. The van der Waals surface area contributed by atoms with E-state index in [2.05, 4.69) is 9.97 Å². The van der Waals surface area contributed by atoms with E-state index in [1.54, 1.807) is 30.4 Å². The van der Waals surface area contributed by atoms with Crippen LogP contribution in [0.25, 0.3) is 0 Å². The number of rotatable bonds is 6. The lowest BCUT2D eigenvalue weighted by molar-refractivity contribution is -0.147. The van der Waals surface area contributed by atoms with E-state index >= 15 is 0 Å². The first-order chi connectivity index (χ1) is 10.2. The Morgan fingerprint density at radius 3 is 2.57 bits per heavy atom. The first kappa shape index (κ1) is 15.4. The van der Waals surface area contributed by atoms with Crippen LogP contribution in [0.15, 0.2) is 18.5 Å². The van der Waals surface area contributed by atoms with Crippen molar-refractivity contribution in [3.63, 3.8) is 0 Å². The molecule has 1 aliphatic rings. The molecule has 0 bridgehead atoms. The van der Waals surface area contributed by atoms with Crippen molar-refractivity contribution < 1.29 is 14.3 Å². The number of esters is 1. The minimum Gasteiger partial charge on any atom is -0.456 e. The van der Waals surface area contributed by atoms with Gasteiger partial charge in [0, 0.05) is 25.4 Å². The Hall–Kier alpha value is -1.98. The van der Waals surface area contributed by atoms with E-state index in [1.807, 2.05) is 0 Å². The molecule has 0 atom stereocenters. The van der Waals surface area contributed by atoms with Gasteiger partial charge in [-0.25, -0.2) is 9.97 Å². The fraction of sp³-hybridized carbons (Fsp3) is 0.600. The van der Waals surface area contributed by atoms with E-state index in [4.69, 9.17) is 4.74 Å². The average molecular weight is 291 g/mol. The third-order valence-electron chi connectivity index (χ3n) is 3.70. The Labute approximate surface area is 124 Å². The number of hydrogen-bond acceptors (Lipinski definition) is 6. The second kappa shape index (κ2) is 7.71. The summed E-state index contributed by atoms with van der Waals surface area (Å²) in [6.07, 6.45) is 8.46. The molecule has 0 aliphatic heterocycles. The quantitative estimate of drug-likeness (QED) is 0.741. The zero-order valence-electron chi connectivity index (χ0n) is 12.3. The summed E-state index contributed by atoms with van der Waals surface area (Å²) in [7, 11) is 1.71. The predicted molar refractivity (Wildman–Crippen MR) is 77.8 cm³/mol. The van der Waals surface area contributed by atoms with Crippen molar-refractivity contribution in [1.29, 1.82) is 0 Å². The van der Waals surface area contributed by atoms with Crippen molar-refractivity contribution in [2.24, 2.45) is 5.92 Å². The van der Waals surface area contributed by atoms with Crippen LogP contribution in [-0.2, 0) is 14.3 Å². The monoisotopic (exact) mass is 291 g/mol. The van der Waals surface area contributed by atoms with Crippen LogP contribution in [0.2, 0.25) is 0 Å². The molecule has 0 amide bonds. The number of nitrogens with zero attached hydrogens (tertiary/aromatic N) is 3. The fourth-order valence-electron chi connectivity index (χ4n) is 2.49. The van der Waals surface area contributed by atoms with Crippen molar-refractivity contribution in [2.45, 2.75) is 32.1 Å². The first-order valence-corrected chi connectivity index (χ1v) is 7.33. The van der Waals surface area contributed by atoms with E-state index < -0.39 is 5.97 Å². The number of likely N-dealkylation sites (N-methyl/N-ethyl adjacent to an activating group) is 1. The summed E-state index contributed by atoms with van der Waals surface area (Å²) in [4.78, 5) is 33.4. The van der Waals surface area contributed by atoms with E-state index in [9.17, 15) is 9.59 Å². The third kappa shape index (κ3) is 4.81. The molecule has 0 unspecified atom stereocenters. The summed E-state index contributed by atoms with van der Waals surface area (Å²) < 4.78 is 5.06. The highest BCUT2D eigenvalue weighted by Gasteiger charge is 2.22. The number of carbonyl (C=O) groups excluding carboxylic acids is 2. The standard InChI is InChI=1S/C15H21N3O3/c1-18(15-16-8-5-9-17-15)10-14(20)21-11-13(19)12-6-3-2-4-7-12/h5,8-9,12H,2-4,6-7,10-11H2,1H3. The number of hydrogen-bond donors (Lipinski definition) is 0. The molecule has 6 nitrogen and oxygen atoms in total. The smallest absolute Gasteiger partial charge is 0.326 e. The topological polar surface area (TPSA) is 72.4 Å². The molecule has 0 spiro atoms. The van der Waals surface area contributed by atoms with Crippen LogP contribution in [0.4, 0.5) is 5.95 Å². The van der Waals surface area contributed by atoms with E-state index in [0.29, 0.717) is 5.95 Å². The fourth-order valence-corrected chi connectivity index (χ4v) is 2.49. The van der Waals surface area contributed by atoms with Crippen molar-refractivity contribution >= 4 is 17.7 Å². The van der Waals surface area contributed by atoms with Crippen LogP contribution < -0.4 is 4.90 Å². The Kier molecular flexibility index (Phi) is 5.66. The SMILES string of the molecule is CN(CC(=O)OCC(=O)C1CCCCC1)c1ncccn1. The molecule has 1 aromatic heterocycles. The van der Waals surface area contributed by atoms with Gasteiger partial charge in [0.2, 0.25) is 5.95 Å². The van der Waals surface area contributed by atoms with Gasteiger partial charge < -0.3 is 9.64 Å². The number of carbonyl (C=O) groups is 2. The Morgan fingerprint density at radius 2 is 1.90 bits per heavy atom. The molecule has 1 aliphatic carbocycles. The number of ether oxygens (including phenoxy) is 1. The van der Waals surface area contributed by atoms with E-state index in [1.165, 1.54) is 6.42 Å². The zero-order valence-corrected chi connectivity index (χ0v) is 12.3. The van der Waals surface area contributed by atoms with Gasteiger partial charge in [0.1, 0.15) is 13.2 Å². The molecule has 1 fully saturated rings. The second-order valence-corrected chi connectivity index (χ2v) is 5.37. The third-order valence-corrected chi connectivity index (χ3v) is 3.70. The van der Waals surface area contributed by atoms with Crippen molar-refractivity contribution in [1.82, 2.24) is 9.97 Å². The Balaban J connectivity index is 1.73. The Bertz CT molecular complexity index is 472. The number of anilines is 1. The molecular formula is C15H21N3O3. The van der Waals surface area contributed by atoms with E-state index in [0.717, 1.165) is 25.7 Å². The van der Waals surface area contributed by atoms with Gasteiger partial charge in [-0.05, 0) is 18.9 Å². The molecule has 114 valence electrons. The van der Waals surface area contributed by atoms with Crippen LogP contribution in [0, 0.1) is 5.92 Å². The van der Waals surface area contributed by atoms with Crippen LogP contribution in [-0.4, -0.2) is 41.9 Å². The lowest BCUT2D eigenvalue weighted by atomic mass is 9.86. The van der Waals surface area contributed by atoms with Gasteiger partial charge in [-0.2, -0.15) is 0 Å².